The zero-order valence-corrected chi connectivity index (χ0v) is 14.0. The Morgan fingerprint density at radius 1 is 1.35 bits per heavy atom. The van der Waals surface area contributed by atoms with Crippen LogP contribution < -0.4 is 4.74 Å². The summed E-state index contributed by atoms with van der Waals surface area (Å²) in [6.07, 6.45) is 1.98. The van der Waals surface area contributed by atoms with Gasteiger partial charge < -0.3 is 19.7 Å². The molecule has 134 valence electrons. The van der Waals surface area contributed by atoms with Crippen molar-refractivity contribution in [1.29, 1.82) is 0 Å². The van der Waals surface area contributed by atoms with Crippen molar-refractivity contribution in [3.8, 4) is 5.75 Å². The minimum Gasteiger partial charge on any atom is -0.490 e. The fourth-order valence-corrected chi connectivity index (χ4v) is 3.17. The third-order valence-electron chi connectivity index (χ3n) is 4.59. The molecule has 3 aromatic rings. The van der Waals surface area contributed by atoms with Crippen LogP contribution in [0.25, 0.3) is 11.0 Å². The number of ether oxygens (including phenoxy) is 1. The number of nitrogens with zero attached hydrogens (tertiary/aromatic N) is 2. The van der Waals surface area contributed by atoms with Crippen molar-refractivity contribution < 1.29 is 19.0 Å². The number of carbonyl (C=O) groups is 1. The van der Waals surface area contributed by atoms with E-state index in [1.807, 2.05) is 0 Å². The highest BCUT2D eigenvalue weighted by Gasteiger charge is 2.39. The summed E-state index contributed by atoms with van der Waals surface area (Å²) in [5.41, 5.74) is 0.972. The smallest absolute Gasteiger partial charge is 0.254 e. The van der Waals surface area contributed by atoms with Gasteiger partial charge in [-0.3, -0.25) is 4.79 Å². The summed E-state index contributed by atoms with van der Waals surface area (Å²) >= 11 is 0. The molecule has 0 radical (unpaired) electrons. The van der Waals surface area contributed by atoms with Gasteiger partial charge in [0.15, 0.2) is 0 Å². The van der Waals surface area contributed by atoms with Crippen molar-refractivity contribution in [2.75, 3.05) is 19.7 Å². The van der Waals surface area contributed by atoms with Crippen LogP contribution in [0, 0.1) is 5.82 Å². The number of fused-ring (bicyclic) bond motifs is 1. The lowest BCUT2D eigenvalue weighted by molar-refractivity contribution is 0.00423. The molecule has 1 fully saturated rings. The van der Waals surface area contributed by atoms with E-state index >= 15 is 0 Å². The fourth-order valence-electron chi connectivity index (χ4n) is 3.17. The van der Waals surface area contributed by atoms with Gasteiger partial charge in [-0.1, -0.05) is 6.07 Å². The SMILES string of the molecule is O=C(c1ccc2nc[nH]c2c1)N1CC[C@](O)(COc2cccc(F)c2)C1. The number of carbonyl (C=O) groups excluding carboxylic acids is 1. The number of benzene rings is 2. The number of likely N-dealkylation sites (tertiary alicyclic amines) is 1. The number of hydrogen-bond acceptors (Lipinski definition) is 4. The molecule has 2 heterocycles. The second kappa shape index (κ2) is 6.42. The van der Waals surface area contributed by atoms with Crippen LogP contribution in [0.5, 0.6) is 5.75 Å². The average molecular weight is 355 g/mol. The Kier molecular flexibility index (Phi) is 4.08. The standard InChI is InChI=1S/C19H18FN3O3/c20-14-2-1-3-15(9-14)26-11-19(25)6-7-23(10-19)18(24)13-4-5-16-17(8-13)22-12-21-16/h1-5,8-9,12,25H,6-7,10-11H2,(H,21,22)/t19-/m1/s1. The number of halogens is 1. The van der Waals surface area contributed by atoms with E-state index in [9.17, 15) is 14.3 Å². The first-order valence-corrected chi connectivity index (χ1v) is 8.36. The van der Waals surface area contributed by atoms with Gasteiger partial charge in [0.05, 0.1) is 23.9 Å². The molecule has 1 amide bonds. The fraction of sp³-hybridized carbons (Fsp3) is 0.263. The maximum atomic E-state index is 13.2. The van der Waals surface area contributed by atoms with Gasteiger partial charge in [-0.05, 0) is 36.8 Å². The predicted molar refractivity (Wildman–Crippen MR) is 93.5 cm³/mol. The Balaban J connectivity index is 1.42. The van der Waals surface area contributed by atoms with E-state index < -0.39 is 11.4 Å². The maximum Gasteiger partial charge on any atom is 0.254 e. The van der Waals surface area contributed by atoms with Crippen LogP contribution in [0.15, 0.2) is 48.8 Å². The molecule has 1 saturated heterocycles. The van der Waals surface area contributed by atoms with Gasteiger partial charge in [0.2, 0.25) is 0 Å². The topological polar surface area (TPSA) is 78.5 Å². The Morgan fingerprint density at radius 3 is 3.08 bits per heavy atom. The highest BCUT2D eigenvalue weighted by Crippen LogP contribution is 2.25. The summed E-state index contributed by atoms with van der Waals surface area (Å²) < 4.78 is 18.7. The van der Waals surface area contributed by atoms with Crippen LogP contribution in [0.1, 0.15) is 16.8 Å². The minimum absolute atomic E-state index is 0.000182. The zero-order valence-electron chi connectivity index (χ0n) is 14.0. The molecule has 4 rings (SSSR count). The van der Waals surface area contributed by atoms with E-state index in [1.54, 1.807) is 41.6 Å². The van der Waals surface area contributed by atoms with Gasteiger partial charge in [-0.15, -0.1) is 0 Å². The van der Waals surface area contributed by atoms with E-state index in [0.29, 0.717) is 24.3 Å². The van der Waals surface area contributed by atoms with Gasteiger partial charge in [0.25, 0.3) is 5.91 Å². The second-order valence-electron chi connectivity index (χ2n) is 6.58. The number of aromatic amines is 1. The molecule has 0 saturated carbocycles. The summed E-state index contributed by atoms with van der Waals surface area (Å²) in [6, 6.07) is 11.0. The first-order chi connectivity index (χ1) is 12.5. The quantitative estimate of drug-likeness (QED) is 0.753. The van der Waals surface area contributed by atoms with Crippen molar-refractivity contribution >= 4 is 16.9 Å². The van der Waals surface area contributed by atoms with E-state index in [1.165, 1.54) is 12.1 Å². The number of imidazole rings is 1. The number of rotatable bonds is 4. The number of H-pyrrole nitrogens is 1. The third kappa shape index (κ3) is 3.25. The summed E-state index contributed by atoms with van der Waals surface area (Å²) in [5, 5.41) is 10.7. The predicted octanol–water partition coefficient (Wildman–Crippen LogP) is 2.36. The number of hydrogen-bond donors (Lipinski definition) is 2. The van der Waals surface area contributed by atoms with Gasteiger partial charge in [-0.25, -0.2) is 9.37 Å². The van der Waals surface area contributed by atoms with Crippen LogP contribution >= 0.6 is 0 Å². The van der Waals surface area contributed by atoms with Crippen molar-refractivity contribution in [1.82, 2.24) is 14.9 Å². The van der Waals surface area contributed by atoms with E-state index in [2.05, 4.69) is 9.97 Å². The van der Waals surface area contributed by atoms with Gasteiger partial charge >= 0.3 is 0 Å². The van der Waals surface area contributed by atoms with Crippen LogP contribution in [0.3, 0.4) is 0 Å². The number of nitrogens with one attached hydrogen (secondary N) is 1. The monoisotopic (exact) mass is 355 g/mol. The van der Waals surface area contributed by atoms with Gasteiger partial charge in [-0.2, -0.15) is 0 Å². The van der Waals surface area contributed by atoms with Crippen molar-refractivity contribution in [3.05, 3.63) is 60.2 Å². The van der Waals surface area contributed by atoms with Crippen LogP contribution in [0.4, 0.5) is 4.39 Å². The minimum atomic E-state index is -1.15. The first kappa shape index (κ1) is 16.5. The number of aliphatic hydroxyl groups is 1. The van der Waals surface area contributed by atoms with Crippen molar-refractivity contribution in [2.24, 2.45) is 0 Å². The van der Waals surface area contributed by atoms with Gasteiger partial charge in [0.1, 0.15) is 23.8 Å². The highest BCUT2D eigenvalue weighted by molar-refractivity contribution is 5.97. The molecule has 1 aromatic heterocycles. The molecule has 0 bridgehead atoms. The molecule has 1 aliphatic rings. The Morgan fingerprint density at radius 2 is 2.23 bits per heavy atom. The Bertz CT molecular complexity index is 958. The number of β-amino-alcohol motifs (C(OH)–C–C–N with tert-alkyl or cyclic N) is 1. The molecule has 0 unspecified atom stereocenters. The second-order valence-corrected chi connectivity index (χ2v) is 6.58. The molecule has 6 nitrogen and oxygen atoms in total. The van der Waals surface area contributed by atoms with Gasteiger partial charge in [0, 0.05) is 18.2 Å². The van der Waals surface area contributed by atoms with Crippen LogP contribution in [-0.2, 0) is 0 Å². The first-order valence-electron chi connectivity index (χ1n) is 8.36. The molecular formula is C19H18FN3O3. The lowest BCUT2D eigenvalue weighted by Crippen LogP contribution is -2.40. The molecule has 0 aliphatic carbocycles. The molecule has 1 atom stereocenters. The molecule has 26 heavy (non-hydrogen) atoms. The summed E-state index contributed by atoms with van der Waals surface area (Å²) in [6.45, 7) is 0.602. The Labute approximate surface area is 149 Å². The number of aromatic nitrogens is 2. The van der Waals surface area contributed by atoms with E-state index in [4.69, 9.17) is 4.74 Å². The molecule has 7 heteroatoms. The lowest BCUT2D eigenvalue weighted by atomic mass is 10.1. The zero-order chi connectivity index (χ0) is 18.1. The maximum absolute atomic E-state index is 13.2. The van der Waals surface area contributed by atoms with E-state index in [-0.39, 0.29) is 19.1 Å². The highest BCUT2D eigenvalue weighted by atomic mass is 19.1. The third-order valence-corrected chi connectivity index (χ3v) is 4.59. The molecule has 2 aromatic carbocycles. The van der Waals surface area contributed by atoms with Crippen LogP contribution in [0.2, 0.25) is 0 Å². The largest absolute Gasteiger partial charge is 0.490 e. The summed E-state index contributed by atoms with van der Waals surface area (Å²) in [4.78, 5) is 21.4. The van der Waals surface area contributed by atoms with Crippen LogP contribution in [-0.4, -0.2) is 51.2 Å². The van der Waals surface area contributed by atoms with E-state index in [0.717, 1.165) is 11.0 Å². The Hall–Kier alpha value is -2.93. The summed E-state index contributed by atoms with van der Waals surface area (Å²) in [7, 11) is 0. The average Bonchev–Trinajstić information content (AvgIpc) is 3.26. The lowest BCUT2D eigenvalue weighted by Gasteiger charge is -2.23. The molecular weight excluding hydrogens is 337 g/mol. The number of amides is 1. The normalized spacial score (nSPS) is 19.8. The van der Waals surface area contributed by atoms with Crippen molar-refractivity contribution in [3.63, 3.8) is 0 Å². The summed E-state index contributed by atoms with van der Waals surface area (Å²) in [5.74, 6) is -0.192. The molecule has 2 N–H and O–H groups in total. The molecule has 1 aliphatic heterocycles. The van der Waals surface area contributed by atoms with Crippen molar-refractivity contribution in [2.45, 2.75) is 12.0 Å². The molecule has 0 spiro atoms.